The third kappa shape index (κ3) is 8.80. The van der Waals surface area contributed by atoms with E-state index in [1.54, 1.807) is 0 Å². The van der Waals surface area contributed by atoms with Crippen LogP contribution in [0.4, 0.5) is 0 Å². The summed E-state index contributed by atoms with van der Waals surface area (Å²) < 4.78 is 0. The molecular weight excluding hydrogens is 183 g/mol. The van der Waals surface area contributed by atoms with Crippen LogP contribution in [0.1, 0.15) is 33.6 Å². The Morgan fingerprint density at radius 3 is 2.00 bits per heavy atom. The molecule has 0 heterocycles. The van der Waals surface area contributed by atoms with Gasteiger partial charge in [-0.05, 0) is 17.9 Å². The lowest BCUT2D eigenvalue weighted by Gasteiger charge is -2.17. The zero-order chi connectivity index (χ0) is 8.20. The molecule has 3 heteroatoms. The lowest BCUT2D eigenvalue weighted by molar-refractivity contribution is 0.373. The van der Waals surface area contributed by atoms with Crippen LogP contribution in [0.15, 0.2) is 0 Å². The lowest BCUT2D eigenvalue weighted by atomic mass is 9.91. The molecule has 0 spiro atoms. The Morgan fingerprint density at radius 2 is 1.70 bits per heavy atom. The maximum atomic E-state index is 5.71. The molecule has 0 aliphatic rings. The largest absolute Gasteiger partial charge is 0.237 e. The smallest absolute Gasteiger partial charge is 0.150 e. The maximum Gasteiger partial charge on any atom is 0.237 e. The van der Waals surface area contributed by atoms with Gasteiger partial charge in [-0.2, -0.15) is 22.2 Å². The minimum absolute atomic E-state index is 0.442. The topological polar surface area (TPSA) is 0 Å². The summed E-state index contributed by atoms with van der Waals surface area (Å²) in [5.74, 6) is 0. The molecule has 0 atom stereocenters. The van der Waals surface area contributed by atoms with Crippen molar-refractivity contribution < 1.29 is 0 Å². The second-order valence-corrected chi connectivity index (χ2v) is 9.03. The minimum atomic E-state index is -1.32. The highest BCUT2D eigenvalue weighted by atomic mass is 35.7. The van der Waals surface area contributed by atoms with Crippen LogP contribution in [0.3, 0.4) is 0 Å². The molecule has 0 unspecified atom stereocenters. The van der Waals surface area contributed by atoms with E-state index in [-0.39, 0.29) is 0 Å². The Kier molecular flexibility index (Phi) is 5.00. The normalized spacial score (nSPS) is 12.6. The Bertz CT molecular complexity index is 86.1. The summed E-state index contributed by atoms with van der Waals surface area (Å²) in [4.78, 5) is 0. The Balaban J connectivity index is 3.21. The fourth-order valence-electron chi connectivity index (χ4n) is 0.787. The van der Waals surface area contributed by atoms with Gasteiger partial charge < -0.3 is 0 Å². The van der Waals surface area contributed by atoms with Crippen molar-refractivity contribution in [3.05, 3.63) is 0 Å². The molecule has 0 saturated carbocycles. The molecule has 0 rings (SSSR count). The summed E-state index contributed by atoms with van der Waals surface area (Å²) in [5.41, 5.74) is 0.442. The first-order chi connectivity index (χ1) is 4.42. The predicted molar refractivity (Wildman–Crippen MR) is 52.4 cm³/mol. The second-order valence-electron chi connectivity index (χ2n) is 3.84. The first-order valence-corrected chi connectivity index (χ1v) is 8.01. The van der Waals surface area contributed by atoms with Crippen LogP contribution in [-0.2, 0) is 0 Å². The molecule has 0 aromatic carbocycles. The first-order valence-electron chi connectivity index (χ1n) is 3.70. The summed E-state index contributed by atoms with van der Waals surface area (Å²) in [6.45, 7) is 6.73. The van der Waals surface area contributed by atoms with Crippen molar-refractivity contribution in [2.24, 2.45) is 5.41 Å². The third-order valence-corrected chi connectivity index (χ3v) is 3.50. The van der Waals surface area contributed by atoms with E-state index in [0.29, 0.717) is 5.41 Å². The molecule has 0 fully saturated rings. The molecule has 0 bridgehead atoms. The highest BCUT2D eigenvalue weighted by Gasteiger charge is 2.10. The van der Waals surface area contributed by atoms with Crippen molar-refractivity contribution >= 4 is 29.6 Å². The molecule has 0 nitrogen and oxygen atoms in total. The average molecular weight is 199 g/mol. The van der Waals surface area contributed by atoms with Gasteiger partial charge in [0.15, 0.2) is 0 Å². The van der Waals surface area contributed by atoms with Gasteiger partial charge in [0.25, 0.3) is 0 Å². The monoisotopic (exact) mass is 198 g/mol. The van der Waals surface area contributed by atoms with Gasteiger partial charge in [0.1, 0.15) is 0 Å². The van der Waals surface area contributed by atoms with Gasteiger partial charge in [-0.1, -0.05) is 27.2 Å². The highest BCUT2D eigenvalue weighted by Crippen LogP contribution is 2.23. The van der Waals surface area contributed by atoms with Crippen molar-refractivity contribution in [1.82, 2.24) is 0 Å². The van der Waals surface area contributed by atoms with Crippen LogP contribution >= 0.6 is 22.2 Å². The fraction of sp³-hybridized carbons (Fsp3) is 1.00. The van der Waals surface area contributed by atoms with E-state index in [4.69, 9.17) is 22.2 Å². The number of halogens is 2. The zero-order valence-corrected chi connectivity index (χ0v) is 9.62. The second kappa shape index (κ2) is 4.63. The molecule has 0 saturated heterocycles. The minimum Gasteiger partial charge on any atom is -0.150 e. The maximum absolute atomic E-state index is 5.71. The van der Waals surface area contributed by atoms with E-state index in [9.17, 15) is 0 Å². The van der Waals surface area contributed by atoms with Crippen LogP contribution in [0, 0.1) is 5.41 Å². The summed E-state index contributed by atoms with van der Waals surface area (Å²) in [5, 5.41) is 0. The molecular formula is C7H16Cl2Si. The summed E-state index contributed by atoms with van der Waals surface area (Å²) in [7, 11) is -1.32. The fourth-order valence-corrected chi connectivity index (χ4v) is 2.23. The molecule has 0 amide bonds. The van der Waals surface area contributed by atoms with E-state index < -0.39 is 7.42 Å². The van der Waals surface area contributed by atoms with E-state index in [0.717, 1.165) is 6.04 Å². The molecule has 0 aliphatic heterocycles. The van der Waals surface area contributed by atoms with Crippen LogP contribution in [0.25, 0.3) is 0 Å². The Hall–Kier alpha value is 0.797. The van der Waals surface area contributed by atoms with Gasteiger partial charge in [0.05, 0.1) is 0 Å². The average Bonchev–Trinajstić information content (AvgIpc) is 1.59. The Morgan fingerprint density at radius 1 is 1.20 bits per heavy atom. The molecule has 62 valence electrons. The summed E-state index contributed by atoms with van der Waals surface area (Å²) in [6.07, 6.45) is 2.42. The van der Waals surface area contributed by atoms with Crippen molar-refractivity contribution in [2.45, 2.75) is 39.7 Å². The van der Waals surface area contributed by atoms with Crippen LogP contribution < -0.4 is 0 Å². The SMILES string of the molecule is CC(C)(C)CCC[SiH](Cl)Cl. The highest BCUT2D eigenvalue weighted by molar-refractivity contribution is 7.33. The van der Waals surface area contributed by atoms with Gasteiger partial charge in [-0.25, -0.2) is 0 Å². The molecule has 0 N–H and O–H groups in total. The van der Waals surface area contributed by atoms with Crippen molar-refractivity contribution in [2.75, 3.05) is 0 Å². The number of rotatable bonds is 3. The standard InChI is InChI=1S/C7H16Cl2Si/c1-7(2,3)5-4-6-10(8)9/h10H,4-6H2,1-3H3. The third-order valence-electron chi connectivity index (χ3n) is 1.35. The van der Waals surface area contributed by atoms with Crippen molar-refractivity contribution in [3.63, 3.8) is 0 Å². The molecule has 0 aromatic rings. The molecule has 0 aromatic heterocycles. The lowest BCUT2D eigenvalue weighted by Crippen LogP contribution is -2.05. The molecule has 0 aliphatic carbocycles. The predicted octanol–water partition coefficient (Wildman–Crippen LogP) is 3.51. The van der Waals surface area contributed by atoms with E-state index in [2.05, 4.69) is 20.8 Å². The Labute approximate surface area is 74.9 Å². The quantitative estimate of drug-likeness (QED) is 0.482. The van der Waals surface area contributed by atoms with Gasteiger partial charge in [0, 0.05) is 0 Å². The van der Waals surface area contributed by atoms with Crippen molar-refractivity contribution in [3.8, 4) is 0 Å². The number of hydrogen-bond donors (Lipinski definition) is 0. The first kappa shape index (κ1) is 10.8. The van der Waals surface area contributed by atoms with E-state index in [1.165, 1.54) is 12.8 Å². The van der Waals surface area contributed by atoms with E-state index >= 15 is 0 Å². The van der Waals surface area contributed by atoms with Gasteiger partial charge in [0.2, 0.25) is 7.42 Å². The van der Waals surface area contributed by atoms with Crippen LogP contribution in [0.2, 0.25) is 6.04 Å². The van der Waals surface area contributed by atoms with Gasteiger partial charge >= 0.3 is 0 Å². The van der Waals surface area contributed by atoms with Crippen molar-refractivity contribution in [1.29, 1.82) is 0 Å². The zero-order valence-electron chi connectivity index (χ0n) is 6.95. The van der Waals surface area contributed by atoms with E-state index in [1.807, 2.05) is 0 Å². The number of hydrogen-bond acceptors (Lipinski definition) is 0. The molecule has 10 heavy (non-hydrogen) atoms. The van der Waals surface area contributed by atoms with Gasteiger partial charge in [-0.3, -0.25) is 0 Å². The summed E-state index contributed by atoms with van der Waals surface area (Å²) in [6, 6.07) is 1.06. The van der Waals surface area contributed by atoms with Crippen LogP contribution in [-0.4, -0.2) is 7.42 Å². The molecule has 0 radical (unpaired) electrons. The summed E-state index contributed by atoms with van der Waals surface area (Å²) >= 11 is 11.4. The van der Waals surface area contributed by atoms with Gasteiger partial charge in [-0.15, -0.1) is 0 Å². The van der Waals surface area contributed by atoms with Crippen LogP contribution in [0.5, 0.6) is 0 Å².